The van der Waals surface area contributed by atoms with Crippen molar-refractivity contribution in [1.29, 1.82) is 0 Å². The van der Waals surface area contributed by atoms with Gasteiger partial charge in [0.15, 0.2) is 0 Å². The number of nitrogens with one attached hydrogen (secondary N) is 1. The smallest absolute Gasteiger partial charge is 0.119 e. The molecule has 1 aliphatic heterocycles. The number of likely N-dealkylation sites (N-methyl/N-ethyl adjacent to an activating group) is 1. The Kier molecular flexibility index (Phi) is 4.83. The molecule has 2 rings (SSSR count). The van der Waals surface area contributed by atoms with Gasteiger partial charge in [-0.3, -0.25) is 0 Å². The van der Waals surface area contributed by atoms with Gasteiger partial charge in [-0.05, 0) is 50.6 Å². The number of methoxy groups -OCH3 is 1. The van der Waals surface area contributed by atoms with Crippen LogP contribution in [0, 0.1) is 0 Å². The van der Waals surface area contributed by atoms with E-state index in [4.69, 9.17) is 4.74 Å². The lowest BCUT2D eigenvalue weighted by molar-refractivity contribution is 0.214. The Bertz CT molecular complexity index is 399. The van der Waals surface area contributed by atoms with E-state index in [1.54, 1.807) is 7.11 Å². The van der Waals surface area contributed by atoms with Crippen molar-refractivity contribution in [3.05, 3.63) is 29.8 Å². The van der Waals surface area contributed by atoms with Gasteiger partial charge in [0, 0.05) is 18.6 Å². The average Bonchev–Trinajstić information content (AvgIpc) is 2.88. The molecule has 1 unspecified atom stereocenters. The van der Waals surface area contributed by atoms with Gasteiger partial charge in [-0.25, -0.2) is 0 Å². The number of hydrogen-bond acceptors (Lipinski definition) is 3. The third-order valence-electron chi connectivity index (χ3n) is 4.17. The SMILES string of the molecule is CCC1(CN(C)Cc2cccc(OC)c2)CCCN1. The summed E-state index contributed by atoms with van der Waals surface area (Å²) in [6.07, 6.45) is 3.81. The summed E-state index contributed by atoms with van der Waals surface area (Å²) >= 11 is 0. The van der Waals surface area contributed by atoms with Crippen molar-refractivity contribution in [3.8, 4) is 5.75 Å². The molecular weight excluding hydrogens is 236 g/mol. The molecule has 1 aliphatic rings. The van der Waals surface area contributed by atoms with Crippen LogP contribution in [0.5, 0.6) is 5.75 Å². The zero-order chi connectivity index (χ0) is 13.7. The Morgan fingerprint density at radius 1 is 1.42 bits per heavy atom. The minimum absolute atomic E-state index is 0.327. The summed E-state index contributed by atoms with van der Waals surface area (Å²) < 4.78 is 5.28. The minimum atomic E-state index is 0.327. The van der Waals surface area contributed by atoms with Crippen molar-refractivity contribution >= 4 is 0 Å². The number of nitrogens with zero attached hydrogens (tertiary/aromatic N) is 1. The first kappa shape index (κ1) is 14.4. The summed E-state index contributed by atoms with van der Waals surface area (Å²) in [7, 11) is 3.92. The van der Waals surface area contributed by atoms with E-state index < -0.39 is 0 Å². The highest BCUT2D eigenvalue weighted by Crippen LogP contribution is 2.24. The lowest BCUT2D eigenvalue weighted by Gasteiger charge is -2.33. The lowest BCUT2D eigenvalue weighted by atomic mass is 9.93. The van der Waals surface area contributed by atoms with Crippen molar-refractivity contribution in [2.24, 2.45) is 0 Å². The van der Waals surface area contributed by atoms with Gasteiger partial charge in [-0.15, -0.1) is 0 Å². The number of benzene rings is 1. The molecule has 0 aliphatic carbocycles. The highest BCUT2D eigenvalue weighted by molar-refractivity contribution is 5.28. The van der Waals surface area contributed by atoms with E-state index in [2.05, 4.69) is 42.4 Å². The summed E-state index contributed by atoms with van der Waals surface area (Å²) in [6, 6.07) is 8.35. The molecule has 1 aromatic carbocycles. The van der Waals surface area contributed by atoms with E-state index >= 15 is 0 Å². The van der Waals surface area contributed by atoms with E-state index in [1.165, 1.54) is 31.4 Å². The van der Waals surface area contributed by atoms with E-state index in [0.29, 0.717) is 5.54 Å². The van der Waals surface area contributed by atoms with Gasteiger partial charge < -0.3 is 15.0 Å². The fraction of sp³-hybridized carbons (Fsp3) is 0.625. The Morgan fingerprint density at radius 3 is 2.89 bits per heavy atom. The van der Waals surface area contributed by atoms with Crippen molar-refractivity contribution in [2.75, 3.05) is 27.2 Å². The van der Waals surface area contributed by atoms with Crippen LogP contribution in [0.3, 0.4) is 0 Å². The Labute approximate surface area is 116 Å². The monoisotopic (exact) mass is 262 g/mol. The molecule has 1 aromatic rings. The topological polar surface area (TPSA) is 24.5 Å². The largest absolute Gasteiger partial charge is 0.497 e. The van der Waals surface area contributed by atoms with Crippen LogP contribution in [0.1, 0.15) is 31.7 Å². The highest BCUT2D eigenvalue weighted by atomic mass is 16.5. The van der Waals surface area contributed by atoms with E-state index in [-0.39, 0.29) is 0 Å². The fourth-order valence-corrected chi connectivity index (χ4v) is 3.07. The molecule has 0 spiro atoms. The first-order valence-electron chi connectivity index (χ1n) is 7.24. The molecule has 1 heterocycles. The fourth-order valence-electron chi connectivity index (χ4n) is 3.07. The Morgan fingerprint density at radius 2 is 2.26 bits per heavy atom. The van der Waals surface area contributed by atoms with Gasteiger partial charge in [-0.1, -0.05) is 19.1 Å². The standard InChI is InChI=1S/C16H26N2O/c1-4-16(9-6-10-17-16)13-18(2)12-14-7-5-8-15(11-14)19-3/h5,7-8,11,17H,4,6,9-10,12-13H2,1-3H3. The van der Waals surface area contributed by atoms with E-state index in [9.17, 15) is 0 Å². The summed E-state index contributed by atoms with van der Waals surface area (Å²) in [6.45, 7) is 5.54. The van der Waals surface area contributed by atoms with Crippen LogP contribution in [-0.4, -0.2) is 37.7 Å². The third-order valence-corrected chi connectivity index (χ3v) is 4.17. The molecule has 1 saturated heterocycles. The normalized spacial score (nSPS) is 22.9. The van der Waals surface area contributed by atoms with Crippen LogP contribution in [0.15, 0.2) is 24.3 Å². The van der Waals surface area contributed by atoms with Crippen LogP contribution < -0.4 is 10.1 Å². The first-order chi connectivity index (χ1) is 9.17. The number of rotatable bonds is 6. The van der Waals surface area contributed by atoms with Crippen LogP contribution >= 0.6 is 0 Å². The Hall–Kier alpha value is -1.06. The molecular formula is C16H26N2O. The van der Waals surface area contributed by atoms with Gasteiger partial charge in [-0.2, -0.15) is 0 Å². The molecule has 1 N–H and O–H groups in total. The van der Waals surface area contributed by atoms with Crippen molar-refractivity contribution < 1.29 is 4.74 Å². The zero-order valence-electron chi connectivity index (χ0n) is 12.4. The molecule has 106 valence electrons. The second-order valence-electron chi connectivity index (χ2n) is 5.69. The number of hydrogen-bond donors (Lipinski definition) is 1. The van der Waals surface area contributed by atoms with Gasteiger partial charge in [0.25, 0.3) is 0 Å². The van der Waals surface area contributed by atoms with E-state index in [0.717, 1.165) is 18.8 Å². The summed E-state index contributed by atoms with van der Waals surface area (Å²) in [5.41, 5.74) is 1.64. The maximum atomic E-state index is 5.28. The van der Waals surface area contributed by atoms with Gasteiger partial charge in [0.05, 0.1) is 7.11 Å². The second kappa shape index (κ2) is 6.40. The quantitative estimate of drug-likeness (QED) is 0.853. The van der Waals surface area contributed by atoms with Crippen LogP contribution in [0.25, 0.3) is 0 Å². The molecule has 1 atom stereocenters. The van der Waals surface area contributed by atoms with Crippen LogP contribution in [-0.2, 0) is 6.54 Å². The van der Waals surface area contributed by atoms with Gasteiger partial charge in [0.1, 0.15) is 5.75 Å². The molecule has 19 heavy (non-hydrogen) atoms. The molecule has 3 nitrogen and oxygen atoms in total. The molecule has 0 amide bonds. The highest BCUT2D eigenvalue weighted by Gasteiger charge is 2.32. The Balaban J connectivity index is 1.94. The maximum Gasteiger partial charge on any atom is 0.119 e. The minimum Gasteiger partial charge on any atom is -0.497 e. The zero-order valence-corrected chi connectivity index (χ0v) is 12.4. The molecule has 0 saturated carbocycles. The van der Waals surface area contributed by atoms with E-state index in [1.807, 2.05) is 6.07 Å². The summed E-state index contributed by atoms with van der Waals surface area (Å²) in [5.74, 6) is 0.940. The van der Waals surface area contributed by atoms with Crippen LogP contribution in [0.2, 0.25) is 0 Å². The molecule has 3 heteroatoms. The predicted molar refractivity (Wildman–Crippen MR) is 79.6 cm³/mol. The van der Waals surface area contributed by atoms with Crippen LogP contribution in [0.4, 0.5) is 0 Å². The molecule has 0 aromatic heterocycles. The first-order valence-corrected chi connectivity index (χ1v) is 7.24. The summed E-state index contributed by atoms with van der Waals surface area (Å²) in [4.78, 5) is 2.41. The van der Waals surface area contributed by atoms with Gasteiger partial charge >= 0.3 is 0 Å². The third kappa shape index (κ3) is 3.71. The van der Waals surface area contributed by atoms with Crippen molar-refractivity contribution in [3.63, 3.8) is 0 Å². The predicted octanol–water partition coefficient (Wildman–Crippen LogP) is 2.66. The molecule has 0 radical (unpaired) electrons. The van der Waals surface area contributed by atoms with Crippen molar-refractivity contribution in [1.82, 2.24) is 10.2 Å². The molecule has 1 fully saturated rings. The van der Waals surface area contributed by atoms with Crippen molar-refractivity contribution in [2.45, 2.75) is 38.3 Å². The number of ether oxygens (including phenoxy) is 1. The summed E-state index contributed by atoms with van der Waals surface area (Å²) in [5, 5.41) is 3.69. The average molecular weight is 262 g/mol. The molecule has 0 bridgehead atoms. The van der Waals surface area contributed by atoms with Gasteiger partial charge in [0.2, 0.25) is 0 Å². The maximum absolute atomic E-state index is 5.28. The second-order valence-corrected chi connectivity index (χ2v) is 5.69. The lowest BCUT2D eigenvalue weighted by Crippen LogP contribution is -2.48.